The first-order valence-electron chi connectivity index (χ1n) is 16.3. The van der Waals surface area contributed by atoms with Gasteiger partial charge in [0, 0.05) is 57.7 Å². The van der Waals surface area contributed by atoms with Crippen LogP contribution in [0, 0.1) is 6.92 Å². The number of amides is 1. The molecular weight excluding hydrogens is 661 g/mol. The van der Waals surface area contributed by atoms with Crippen molar-refractivity contribution in [2.24, 2.45) is 0 Å². The number of carbonyl (C=O) groups excluding carboxylic acids is 1. The highest BCUT2D eigenvalue weighted by molar-refractivity contribution is 7.89. The van der Waals surface area contributed by atoms with E-state index in [1.165, 1.54) is 24.5 Å². The summed E-state index contributed by atoms with van der Waals surface area (Å²) >= 11 is 0. The fourth-order valence-corrected chi connectivity index (χ4v) is 7.19. The minimum Gasteiger partial charge on any atom is -0.336 e. The molecule has 1 amide bonds. The monoisotopic (exact) mass is 698 g/mol. The highest BCUT2D eigenvalue weighted by Crippen LogP contribution is 2.26. The normalized spacial score (nSPS) is 14.4. The molecule has 17 nitrogen and oxygen atoms in total. The van der Waals surface area contributed by atoms with Gasteiger partial charge in [-0.2, -0.15) is 13.5 Å². The average molecular weight is 699 g/mol. The summed E-state index contributed by atoms with van der Waals surface area (Å²) in [4.78, 5) is 34.8. The van der Waals surface area contributed by atoms with Crippen molar-refractivity contribution in [3.8, 4) is 0 Å². The highest BCUT2D eigenvalue weighted by atomic mass is 32.2. The maximum atomic E-state index is 13.2. The van der Waals surface area contributed by atoms with Crippen LogP contribution in [0.25, 0.3) is 11.0 Å². The molecule has 0 radical (unpaired) electrons. The van der Waals surface area contributed by atoms with Gasteiger partial charge in [0.05, 0.1) is 29.3 Å². The number of imidazole rings is 1. The second kappa shape index (κ2) is 14.2. The number of aryl methyl sites for hydroxylation is 2. The lowest BCUT2D eigenvalue weighted by Crippen LogP contribution is -2.43. The first-order chi connectivity index (χ1) is 24.3. The van der Waals surface area contributed by atoms with Crippen LogP contribution in [-0.4, -0.2) is 106 Å². The quantitative estimate of drug-likeness (QED) is 0.150. The summed E-state index contributed by atoms with van der Waals surface area (Å²) in [5, 5.41) is 17.6. The van der Waals surface area contributed by atoms with Gasteiger partial charge in [0.15, 0.2) is 5.03 Å². The van der Waals surface area contributed by atoms with Gasteiger partial charge >= 0.3 is 10.0 Å². The van der Waals surface area contributed by atoms with Gasteiger partial charge in [-0.3, -0.25) is 14.8 Å². The molecule has 0 spiro atoms. The molecule has 0 unspecified atom stereocenters. The number of aromatic nitrogens is 10. The van der Waals surface area contributed by atoms with Crippen molar-refractivity contribution < 1.29 is 13.2 Å². The smallest absolute Gasteiger partial charge is 0.303 e. The molecule has 0 bridgehead atoms. The summed E-state index contributed by atoms with van der Waals surface area (Å²) in [5.41, 5.74) is 3.95. The van der Waals surface area contributed by atoms with E-state index in [1.807, 2.05) is 45.7 Å². The Labute approximate surface area is 288 Å². The van der Waals surface area contributed by atoms with Crippen LogP contribution in [0.1, 0.15) is 34.6 Å². The number of carbonyl (C=O) groups is 1. The number of hydrogen-bond acceptors (Lipinski definition) is 12. The van der Waals surface area contributed by atoms with Crippen molar-refractivity contribution in [3.63, 3.8) is 0 Å². The van der Waals surface area contributed by atoms with Crippen LogP contribution in [-0.2, 0) is 29.7 Å². The molecule has 1 aliphatic rings. The number of likely N-dealkylation sites (N-methyl/N-ethyl adjacent to an activating group) is 1. The zero-order valence-corrected chi connectivity index (χ0v) is 28.6. The summed E-state index contributed by atoms with van der Waals surface area (Å²) in [6, 6.07) is 9.87. The minimum absolute atomic E-state index is 0.0415. The van der Waals surface area contributed by atoms with Crippen LogP contribution in [0.5, 0.6) is 0 Å². The summed E-state index contributed by atoms with van der Waals surface area (Å²) in [5.74, 6) is 0.226. The number of fused-ring (bicyclic) bond motifs is 1. The zero-order chi connectivity index (χ0) is 34.7. The topological polar surface area (TPSA) is 190 Å². The van der Waals surface area contributed by atoms with Gasteiger partial charge < -0.3 is 24.7 Å². The minimum atomic E-state index is -3.89. The molecule has 0 saturated carbocycles. The van der Waals surface area contributed by atoms with Gasteiger partial charge in [-0.25, -0.2) is 19.9 Å². The van der Waals surface area contributed by atoms with Crippen molar-refractivity contribution in [1.29, 1.82) is 0 Å². The Morgan fingerprint density at radius 3 is 2.48 bits per heavy atom. The van der Waals surface area contributed by atoms with Gasteiger partial charge in [-0.1, -0.05) is 12.1 Å². The van der Waals surface area contributed by atoms with Gasteiger partial charge in [-0.15, -0.1) is 9.19 Å². The number of nitrogens with zero attached hydrogens (tertiary/aromatic N) is 11. The van der Waals surface area contributed by atoms with Gasteiger partial charge in [-0.05, 0) is 50.6 Å². The Morgan fingerprint density at radius 2 is 1.72 bits per heavy atom. The molecule has 6 aromatic rings. The molecule has 1 aliphatic heterocycles. The number of rotatable bonds is 13. The molecule has 5 aromatic heterocycles. The van der Waals surface area contributed by atoms with Crippen molar-refractivity contribution in [2.45, 2.75) is 44.4 Å². The Bertz CT molecular complexity index is 2180. The van der Waals surface area contributed by atoms with Gasteiger partial charge in [0.25, 0.3) is 5.91 Å². The maximum Gasteiger partial charge on any atom is 0.303 e. The average Bonchev–Trinajstić information content (AvgIpc) is 3.94. The second-order valence-corrected chi connectivity index (χ2v) is 14.0. The Balaban J connectivity index is 0.948. The molecule has 0 aliphatic carbocycles. The van der Waals surface area contributed by atoms with Crippen LogP contribution in [0.3, 0.4) is 0 Å². The molecule has 50 heavy (non-hydrogen) atoms. The molecule has 0 atom stereocenters. The predicted molar refractivity (Wildman–Crippen MR) is 185 cm³/mol. The third kappa shape index (κ3) is 6.98. The number of anilines is 3. The summed E-state index contributed by atoms with van der Waals surface area (Å²) in [7, 11) is -1.74. The van der Waals surface area contributed by atoms with E-state index in [0.717, 1.165) is 67.0 Å². The number of unbranched alkanes of at least 4 members (excludes halogenated alkanes) is 1. The van der Waals surface area contributed by atoms with E-state index < -0.39 is 10.0 Å². The summed E-state index contributed by atoms with van der Waals surface area (Å²) in [6.07, 6.45) is 10.4. The number of hydrogen-bond donors (Lipinski definition) is 3. The van der Waals surface area contributed by atoms with E-state index >= 15 is 0 Å². The van der Waals surface area contributed by atoms with Crippen molar-refractivity contribution in [2.75, 3.05) is 43.9 Å². The first kappa shape index (κ1) is 33.1. The standard InChI is InChI=1S/C32H38N14O3S/c1-23-32(50(48,49)46-21-33-19-38-46)36-22-45(23)11-4-3-10-44-12-9-26-29(34-20-35-30(26)44)40-27-17-37-41-28(27)31(47)39-25-7-5-24(6-8-25)18-43-15-13-42(2)14-16-43/h5-9,12,17,19-22H,3-4,10-11,13-16,18H2,1-2H3,(H,37,41)(H,39,47)(H,34,35,40). The number of H-pyrrole nitrogens is 1. The van der Waals surface area contributed by atoms with Crippen LogP contribution >= 0.6 is 0 Å². The van der Waals surface area contributed by atoms with Crippen LogP contribution < -0.4 is 10.6 Å². The maximum absolute atomic E-state index is 13.2. The molecule has 1 aromatic carbocycles. The molecule has 6 heterocycles. The van der Waals surface area contributed by atoms with Crippen LogP contribution in [0.15, 0.2) is 73.1 Å². The van der Waals surface area contributed by atoms with Gasteiger partial charge in [0.2, 0.25) is 0 Å². The molecule has 1 fully saturated rings. The van der Waals surface area contributed by atoms with Crippen molar-refractivity contribution in [3.05, 3.63) is 85.0 Å². The molecule has 18 heteroatoms. The molecule has 3 N–H and O–H groups in total. The van der Waals surface area contributed by atoms with E-state index in [9.17, 15) is 13.2 Å². The molecular formula is C32H38N14O3S. The number of nitrogens with one attached hydrogen (secondary N) is 3. The Hall–Kier alpha value is -5.46. The zero-order valence-electron chi connectivity index (χ0n) is 27.8. The highest BCUT2D eigenvalue weighted by Gasteiger charge is 2.24. The van der Waals surface area contributed by atoms with Crippen LogP contribution in [0.2, 0.25) is 0 Å². The van der Waals surface area contributed by atoms with E-state index in [4.69, 9.17) is 0 Å². The lowest BCUT2D eigenvalue weighted by Gasteiger charge is -2.32. The number of aromatic amines is 1. The van der Waals surface area contributed by atoms with Gasteiger partial charge in [0.1, 0.15) is 36.1 Å². The van der Waals surface area contributed by atoms with Crippen molar-refractivity contribution >= 4 is 44.2 Å². The third-order valence-electron chi connectivity index (χ3n) is 8.88. The van der Waals surface area contributed by atoms with E-state index in [1.54, 1.807) is 13.1 Å². The third-order valence-corrected chi connectivity index (χ3v) is 10.5. The summed E-state index contributed by atoms with van der Waals surface area (Å²) in [6.45, 7) is 8.13. The lowest BCUT2D eigenvalue weighted by atomic mass is 10.1. The second-order valence-electron chi connectivity index (χ2n) is 12.3. The van der Waals surface area contributed by atoms with Crippen molar-refractivity contribution in [1.82, 2.24) is 58.3 Å². The fraction of sp³-hybridized carbons (Fsp3) is 0.344. The Kier molecular flexibility index (Phi) is 9.38. The lowest BCUT2D eigenvalue weighted by molar-refractivity contribution is 0.102. The van der Waals surface area contributed by atoms with E-state index in [0.29, 0.717) is 36.0 Å². The largest absolute Gasteiger partial charge is 0.336 e. The van der Waals surface area contributed by atoms with E-state index in [2.05, 4.69) is 62.7 Å². The molecule has 1 saturated heterocycles. The number of piperazine rings is 1. The number of benzene rings is 1. The first-order valence-corrected chi connectivity index (χ1v) is 17.7. The molecule has 260 valence electrons. The SMILES string of the molecule is Cc1c(S(=O)(=O)n2cncn2)ncn1CCCCn1ccc2c(Nc3cn[nH]c3C(=O)Nc3ccc(CN4CCN(C)CC4)cc3)ncnc21. The fourth-order valence-electron chi connectivity index (χ4n) is 5.99. The Morgan fingerprint density at radius 1 is 0.940 bits per heavy atom. The van der Waals surface area contributed by atoms with Crippen LogP contribution in [0.4, 0.5) is 17.2 Å². The van der Waals surface area contributed by atoms with E-state index in [-0.39, 0.29) is 16.6 Å². The molecule has 7 rings (SSSR count). The predicted octanol–water partition coefficient (Wildman–Crippen LogP) is 2.71. The summed E-state index contributed by atoms with van der Waals surface area (Å²) < 4.78 is 30.3.